The van der Waals surface area contributed by atoms with Crippen molar-refractivity contribution < 1.29 is 4.52 Å². The second-order valence-electron chi connectivity index (χ2n) is 5.77. The molecule has 1 aliphatic rings. The molecule has 2 unspecified atom stereocenters. The molecule has 1 aliphatic carbocycles. The lowest BCUT2D eigenvalue weighted by molar-refractivity contribution is 0.0942. The van der Waals surface area contributed by atoms with Gasteiger partial charge in [0, 0.05) is 12.5 Å². The third-order valence-electron chi connectivity index (χ3n) is 4.37. The maximum atomic E-state index is 5.95. The normalized spacial score (nSPS) is 23.4. The minimum absolute atomic E-state index is 0.570. The molecule has 0 amide bonds. The van der Waals surface area contributed by atoms with E-state index in [0.717, 1.165) is 44.2 Å². The van der Waals surface area contributed by atoms with E-state index in [2.05, 4.69) is 28.9 Å². The summed E-state index contributed by atoms with van der Waals surface area (Å²) in [7, 11) is 0. The monoisotopic (exact) mass is 280 g/mol. The first kappa shape index (κ1) is 15.4. The summed E-state index contributed by atoms with van der Waals surface area (Å²) in [5.41, 5.74) is 5.95. The van der Waals surface area contributed by atoms with Gasteiger partial charge in [-0.2, -0.15) is 4.98 Å². The Hall–Kier alpha value is -0.940. The van der Waals surface area contributed by atoms with E-state index in [0.29, 0.717) is 12.0 Å². The van der Waals surface area contributed by atoms with Crippen molar-refractivity contribution in [3.05, 3.63) is 11.7 Å². The predicted molar refractivity (Wildman–Crippen MR) is 79.2 cm³/mol. The second-order valence-corrected chi connectivity index (χ2v) is 5.77. The van der Waals surface area contributed by atoms with Crippen LogP contribution in [0, 0.1) is 5.92 Å². The molecule has 1 heterocycles. The lowest BCUT2D eigenvalue weighted by atomic mass is 9.83. The molecule has 1 saturated carbocycles. The van der Waals surface area contributed by atoms with Gasteiger partial charge in [-0.25, -0.2) is 0 Å². The van der Waals surface area contributed by atoms with E-state index in [1.807, 2.05) is 0 Å². The van der Waals surface area contributed by atoms with Gasteiger partial charge in [-0.3, -0.25) is 4.90 Å². The van der Waals surface area contributed by atoms with Crippen molar-refractivity contribution in [2.24, 2.45) is 11.7 Å². The Morgan fingerprint density at radius 1 is 1.30 bits per heavy atom. The van der Waals surface area contributed by atoms with E-state index in [-0.39, 0.29) is 0 Å². The topological polar surface area (TPSA) is 68.2 Å². The highest BCUT2D eigenvalue weighted by molar-refractivity contribution is 4.90. The molecule has 20 heavy (non-hydrogen) atoms. The molecular weight excluding hydrogens is 252 g/mol. The highest BCUT2D eigenvalue weighted by Crippen LogP contribution is 2.28. The van der Waals surface area contributed by atoms with E-state index in [1.165, 1.54) is 25.7 Å². The molecule has 5 heteroatoms. The second kappa shape index (κ2) is 7.74. The molecule has 1 aromatic rings. The summed E-state index contributed by atoms with van der Waals surface area (Å²) in [6, 6.07) is 0.570. The maximum Gasteiger partial charge on any atom is 0.240 e. The number of nitrogens with two attached hydrogens (primary N) is 1. The maximum absolute atomic E-state index is 5.95. The lowest BCUT2D eigenvalue weighted by Gasteiger charge is -2.38. The van der Waals surface area contributed by atoms with Gasteiger partial charge in [0.05, 0.1) is 6.54 Å². The molecule has 1 fully saturated rings. The number of aryl methyl sites for hydroxylation is 1. The highest BCUT2D eigenvalue weighted by atomic mass is 16.5. The fraction of sp³-hybridized carbons (Fsp3) is 0.867. The van der Waals surface area contributed by atoms with Crippen LogP contribution in [0.15, 0.2) is 4.52 Å². The molecule has 2 N–H and O–H groups in total. The van der Waals surface area contributed by atoms with Gasteiger partial charge in [-0.15, -0.1) is 0 Å². The van der Waals surface area contributed by atoms with Crippen LogP contribution in [-0.2, 0) is 13.0 Å². The van der Waals surface area contributed by atoms with Gasteiger partial charge < -0.3 is 10.3 Å². The number of hydrogen-bond acceptors (Lipinski definition) is 5. The van der Waals surface area contributed by atoms with Gasteiger partial charge in [-0.1, -0.05) is 31.8 Å². The Bertz CT molecular complexity index is 393. The van der Waals surface area contributed by atoms with E-state index in [9.17, 15) is 0 Å². The fourth-order valence-electron chi connectivity index (χ4n) is 3.26. The van der Waals surface area contributed by atoms with Crippen LogP contribution in [0.5, 0.6) is 0 Å². The molecule has 2 rings (SSSR count). The van der Waals surface area contributed by atoms with Gasteiger partial charge in [0.1, 0.15) is 0 Å². The van der Waals surface area contributed by atoms with Crippen molar-refractivity contribution in [2.75, 3.05) is 13.1 Å². The van der Waals surface area contributed by atoms with E-state index in [4.69, 9.17) is 10.3 Å². The van der Waals surface area contributed by atoms with Crippen molar-refractivity contribution in [3.8, 4) is 0 Å². The Morgan fingerprint density at radius 3 is 2.80 bits per heavy atom. The number of nitrogens with zero attached hydrogens (tertiary/aromatic N) is 3. The SMILES string of the molecule is CCCc1noc(CN(CC)C2CCCCC2CN)n1. The minimum Gasteiger partial charge on any atom is -0.338 e. The van der Waals surface area contributed by atoms with Crippen LogP contribution in [0.2, 0.25) is 0 Å². The summed E-state index contributed by atoms with van der Waals surface area (Å²) >= 11 is 0. The van der Waals surface area contributed by atoms with Crippen LogP contribution in [0.3, 0.4) is 0 Å². The largest absolute Gasteiger partial charge is 0.338 e. The molecule has 0 saturated heterocycles. The standard InChI is InChI=1S/C15H28N4O/c1-3-7-14-17-15(20-18-14)11-19(4-2)13-9-6-5-8-12(13)10-16/h12-13H,3-11,16H2,1-2H3. The third-order valence-corrected chi connectivity index (χ3v) is 4.37. The zero-order valence-corrected chi connectivity index (χ0v) is 12.8. The van der Waals surface area contributed by atoms with Crippen molar-refractivity contribution in [1.82, 2.24) is 15.0 Å². The molecule has 2 atom stereocenters. The number of aromatic nitrogens is 2. The van der Waals surface area contributed by atoms with Crippen LogP contribution in [0.1, 0.15) is 57.7 Å². The van der Waals surface area contributed by atoms with Gasteiger partial charge in [0.2, 0.25) is 5.89 Å². The molecule has 0 aliphatic heterocycles. The Balaban J connectivity index is 1.99. The fourth-order valence-corrected chi connectivity index (χ4v) is 3.26. The molecule has 0 aromatic carbocycles. The van der Waals surface area contributed by atoms with Gasteiger partial charge in [0.15, 0.2) is 5.82 Å². The summed E-state index contributed by atoms with van der Waals surface area (Å²) < 4.78 is 5.38. The highest BCUT2D eigenvalue weighted by Gasteiger charge is 2.29. The summed E-state index contributed by atoms with van der Waals surface area (Å²) in [6.45, 7) is 6.88. The zero-order chi connectivity index (χ0) is 14.4. The quantitative estimate of drug-likeness (QED) is 0.830. The lowest BCUT2D eigenvalue weighted by Crippen LogP contribution is -2.44. The first-order chi connectivity index (χ1) is 9.78. The van der Waals surface area contributed by atoms with E-state index in [1.54, 1.807) is 0 Å². The average molecular weight is 280 g/mol. The summed E-state index contributed by atoms with van der Waals surface area (Å²) in [4.78, 5) is 6.94. The smallest absolute Gasteiger partial charge is 0.240 e. The zero-order valence-electron chi connectivity index (χ0n) is 12.8. The van der Waals surface area contributed by atoms with Crippen molar-refractivity contribution in [2.45, 2.75) is 65.0 Å². The molecule has 0 radical (unpaired) electrons. The minimum atomic E-state index is 0.570. The van der Waals surface area contributed by atoms with Crippen molar-refractivity contribution >= 4 is 0 Å². The third kappa shape index (κ3) is 3.79. The first-order valence-corrected chi connectivity index (χ1v) is 8.04. The van der Waals surface area contributed by atoms with Crippen molar-refractivity contribution in [3.63, 3.8) is 0 Å². The first-order valence-electron chi connectivity index (χ1n) is 8.04. The van der Waals surface area contributed by atoms with Crippen LogP contribution in [0.4, 0.5) is 0 Å². The molecule has 0 spiro atoms. The molecule has 0 bridgehead atoms. The molecule has 114 valence electrons. The number of rotatable bonds is 7. The summed E-state index contributed by atoms with van der Waals surface area (Å²) in [6.07, 6.45) is 7.06. The van der Waals surface area contributed by atoms with Crippen LogP contribution in [-0.4, -0.2) is 34.2 Å². The average Bonchev–Trinajstić information content (AvgIpc) is 2.92. The Morgan fingerprint density at radius 2 is 2.10 bits per heavy atom. The Kier molecular flexibility index (Phi) is 5.98. The van der Waals surface area contributed by atoms with E-state index < -0.39 is 0 Å². The summed E-state index contributed by atoms with van der Waals surface area (Å²) in [5, 5.41) is 4.04. The molecule has 5 nitrogen and oxygen atoms in total. The van der Waals surface area contributed by atoms with Gasteiger partial charge in [-0.05, 0) is 38.3 Å². The van der Waals surface area contributed by atoms with Crippen molar-refractivity contribution in [1.29, 1.82) is 0 Å². The predicted octanol–water partition coefficient (Wildman–Crippen LogP) is 2.36. The van der Waals surface area contributed by atoms with E-state index >= 15 is 0 Å². The van der Waals surface area contributed by atoms with Crippen LogP contribution in [0.25, 0.3) is 0 Å². The number of hydrogen-bond donors (Lipinski definition) is 1. The molecule has 1 aromatic heterocycles. The Labute approximate surface area is 121 Å². The molecular formula is C15H28N4O. The van der Waals surface area contributed by atoms with Crippen LogP contribution >= 0.6 is 0 Å². The summed E-state index contributed by atoms with van der Waals surface area (Å²) in [5.74, 6) is 2.19. The van der Waals surface area contributed by atoms with Gasteiger partial charge in [0.25, 0.3) is 0 Å². The van der Waals surface area contributed by atoms with Crippen LogP contribution < -0.4 is 5.73 Å². The van der Waals surface area contributed by atoms with Gasteiger partial charge >= 0.3 is 0 Å².